The van der Waals surface area contributed by atoms with Crippen molar-refractivity contribution in [1.29, 1.82) is 0 Å². The molecule has 0 spiro atoms. The van der Waals surface area contributed by atoms with Crippen molar-refractivity contribution in [3.63, 3.8) is 0 Å². The quantitative estimate of drug-likeness (QED) is 0.791. The number of amides is 1. The van der Waals surface area contributed by atoms with E-state index in [4.69, 9.17) is 4.42 Å². The molecule has 0 bridgehead atoms. The number of nitrogens with one attached hydrogen (secondary N) is 1. The standard InChI is InChI=1S/C15H13N3O2/c1-10(19)17-9-11-4-6-12(7-5-11)15-18-14-13(20-15)3-2-8-16-14/h2-8H,9H2,1H3,(H,17,19). The SMILES string of the molecule is CC(=O)NCc1ccc(-c2nc3ncccc3o2)cc1. The maximum Gasteiger partial charge on any atom is 0.228 e. The summed E-state index contributed by atoms with van der Waals surface area (Å²) in [7, 11) is 0. The lowest BCUT2D eigenvalue weighted by Gasteiger charge is -2.02. The largest absolute Gasteiger partial charge is 0.434 e. The first kappa shape index (κ1) is 12.3. The average molecular weight is 267 g/mol. The third-order valence-electron chi connectivity index (χ3n) is 2.91. The van der Waals surface area contributed by atoms with E-state index in [1.807, 2.05) is 36.4 Å². The Hall–Kier alpha value is -2.69. The van der Waals surface area contributed by atoms with Gasteiger partial charge in [0.15, 0.2) is 11.2 Å². The number of benzene rings is 1. The van der Waals surface area contributed by atoms with Gasteiger partial charge in [-0.05, 0) is 29.8 Å². The summed E-state index contributed by atoms with van der Waals surface area (Å²) in [6, 6.07) is 11.4. The molecule has 0 saturated carbocycles. The number of aromatic nitrogens is 2. The summed E-state index contributed by atoms with van der Waals surface area (Å²) < 4.78 is 5.65. The van der Waals surface area contributed by atoms with Gasteiger partial charge in [-0.15, -0.1) is 0 Å². The molecule has 2 heterocycles. The Morgan fingerprint density at radius 3 is 2.75 bits per heavy atom. The molecule has 0 saturated heterocycles. The first-order chi connectivity index (χ1) is 9.72. The number of hydrogen-bond acceptors (Lipinski definition) is 4. The number of pyridine rings is 1. The first-order valence-electron chi connectivity index (χ1n) is 6.28. The van der Waals surface area contributed by atoms with Crippen LogP contribution in [0.25, 0.3) is 22.7 Å². The molecule has 1 N–H and O–H groups in total. The van der Waals surface area contributed by atoms with Crippen molar-refractivity contribution in [3.05, 3.63) is 48.2 Å². The van der Waals surface area contributed by atoms with Crippen LogP contribution in [0.1, 0.15) is 12.5 Å². The van der Waals surface area contributed by atoms with Crippen LogP contribution in [-0.4, -0.2) is 15.9 Å². The van der Waals surface area contributed by atoms with Crippen LogP contribution in [0.5, 0.6) is 0 Å². The summed E-state index contributed by atoms with van der Waals surface area (Å²) in [6.45, 7) is 2.02. The highest BCUT2D eigenvalue weighted by atomic mass is 16.3. The Bertz CT molecular complexity index is 714. The van der Waals surface area contributed by atoms with Gasteiger partial charge in [-0.3, -0.25) is 4.79 Å². The Morgan fingerprint density at radius 2 is 2.05 bits per heavy atom. The number of rotatable bonds is 3. The van der Waals surface area contributed by atoms with Crippen molar-refractivity contribution in [1.82, 2.24) is 15.3 Å². The van der Waals surface area contributed by atoms with Crippen molar-refractivity contribution in [2.45, 2.75) is 13.5 Å². The van der Waals surface area contributed by atoms with E-state index in [9.17, 15) is 4.79 Å². The van der Waals surface area contributed by atoms with E-state index < -0.39 is 0 Å². The topological polar surface area (TPSA) is 68.0 Å². The molecule has 5 heteroatoms. The number of hydrogen-bond donors (Lipinski definition) is 1. The van der Waals surface area contributed by atoms with Crippen molar-refractivity contribution in [2.75, 3.05) is 0 Å². The monoisotopic (exact) mass is 267 g/mol. The van der Waals surface area contributed by atoms with Gasteiger partial charge in [0.25, 0.3) is 0 Å². The van der Waals surface area contributed by atoms with Crippen LogP contribution < -0.4 is 5.32 Å². The van der Waals surface area contributed by atoms with Gasteiger partial charge >= 0.3 is 0 Å². The molecule has 100 valence electrons. The maximum atomic E-state index is 10.9. The van der Waals surface area contributed by atoms with Crippen LogP contribution in [0, 0.1) is 0 Å². The number of carbonyl (C=O) groups is 1. The fourth-order valence-corrected chi connectivity index (χ4v) is 1.88. The van der Waals surface area contributed by atoms with E-state index in [1.54, 1.807) is 6.20 Å². The van der Waals surface area contributed by atoms with Crippen LogP contribution in [-0.2, 0) is 11.3 Å². The van der Waals surface area contributed by atoms with Gasteiger partial charge in [-0.25, -0.2) is 4.98 Å². The Morgan fingerprint density at radius 1 is 1.25 bits per heavy atom. The summed E-state index contributed by atoms with van der Waals surface area (Å²) >= 11 is 0. The summed E-state index contributed by atoms with van der Waals surface area (Å²) in [4.78, 5) is 19.3. The fraction of sp³-hybridized carbons (Fsp3) is 0.133. The normalized spacial score (nSPS) is 10.7. The van der Waals surface area contributed by atoms with Crippen molar-refractivity contribution in [2.24, 2.45) is 0 Å². The first-order valence-corrected chi connectivity index (χ1v) is 6.28. The molecular formula is C15H13N3O2. The lowest BCUT2D eigenvalue weighted by atomic mass is 10.1. The zero-order chi connectivity index (χ0) is 13.9. The average Bonchev–Trinajstić information content (AvgIpc) is 2.89. The van der Waals surface area contributed by atoms with E-state index in [0.717, 1.165) is 11.1 Å². The molecule has 0 fully saturated rings. The van der Waals surface area contributed by atoms with Gasteiger partial charge in [0, 0.05) is 25.2 Å². The lowest BCUT2D eigenvalue weighted by molar-refractivity contribution is -0.119. The zero-order valence-corrected chi connectivity index (χ0v) is 11.0. The van der Waals surface area contributed by atoms with Gasteiger partial charge in [0.2, 0.25) is 11.8 Å². The predicted octanol–water partition coefficient (Wildman–Crippen LogP) is 2.53. The fourth-order valence-electron chi connectivity index (χ4n) is 1.88. The minimum absolute atomic E-state index is 0.0425. The van der Waals surface area contributed by atoms with Crippen LogP contribution in [0.3, 0.4) is 0 Å². The molecule has 0 aliphatic rings. The number of nitrogens with zero attached hydrogens (tertiary/aromatic N) is 2. The molecule has 0 radical (unpaired) electrons. The molecule has 1 amide bonds. The summed E-state index contributed by atoms with van der Waals surface area (Å²) in [5.41, 5.74) is 3.18. The summed E-state index contributed by atoms with van der Waals surface area (Å²) in [5, 5.41) is 2.75. The van der Waals surface area contributed by atoms with Crippen LogP contribution in [0.15, 0.2) is 47.0 Å². The minimum atomic E-state index is -0.0425. The molecule has 0 atom stereocenters. The Balaban J connectivity index is 1.85. The van der Waals surface area contributed by atoms with E-state index in [0.29, 0.717) is 23.7 Å². The molecular weight excluding hydrogens is 254 g/mol. The van der Waals surface area contributed by atoms with Crippen molar-refractivity contribution in [3.8, 4) is 11.5 Å². The maximum absolute atomic E-state index is 10.9. The molecule has 0 aliphatic heterocycles. The van der Waals surface area contributed by atoms with Crippen LogP contribution in [0.2, 0.25) is 0 Å². The van der Waals surface area contributed by atoms with Crippen molar-refractivity contribution < 1.29 is 9.21 Å². The predicted molar refractivity (Wildman–Crippen MR) is 74.8 cm³/mol. The molecule has 0 unspecified atom stereocenters. The second kappa shape index (κ2) is 5.13. The van der Waals surface area contributed by atoms with Gasteiger partial charge in [0.05, 0.1) is 0 Å². The highest BCUT2D eigenvalue weighted by molar-refractivity contribution is 5.73. The van der Waals surface area contributed by atoms with E-state index in [2.05, 4.69) is 15.3 Å². The molecule has 20 heavy (non-hydrogen) atoms. The number of fused-ring (bicyclic) bond motifs is 1. The van der Waals surface area contributed by atoms with Gasteiger partial charge < -0.3 is 9.73 Å². The molecule has 0 aliphatic carbocycles. The third kappa shape index (κ3) is 2.51. The van der Waals surface area contributed by atoms with Crippen LogP contribution >= 0.6 is 0 Å². The van der Waals surface area contributed by atoms with E-state index in [1.165, 1.54) is 6.92 Å². The smallest absolute Gasteiger partial charge is 0.228 e. The van der Waals surface area contributed by atoms with Gasteiger partial charge in [-0.1, -0.05) is 12.1 Å². The highest BCUT2D eigenvalue weighted by Gasteiger charge is 2.08. The third-order valence-corrected chi connectivity index (χ3v) is 2.91. The molecule has 2 aromatic heterocycles. The Kier molecular flexibility index (Phi) is 3.16. The zero-order valence-electron chi connectivity index (χ0n) is 11.0. The summed E-state index contributed by atoms with van der Waals surface area (Å²) in [5.74, 6) is 0.504. The second-order valence-corrected chi connectivity index (χ2v) is 4.45. The van der Waals surface area contributed by atoms with Crippen LogP contribution in [0.4, 0.5) is 0 Å². The molecule has 3 aromatic rings. The lowest BCUT2D eigenvalue weighted by Crippen LogP contribution is -2.18. The molecule has 1 aromatic carbocycles. The second-order valence-electron chi connectivity index (χ2n) is 4.45. The Labute approximate surface area is 115 Å². The summed E-state index contributed by atoms with van der Waals surface area (Å²) in [6.07, 6.45) is 1.69. The number of oxazole rings is 1. The molecule has 3 rings (SSSR count). The van der Waals surface area contributed by atoms with Gasteiger partial charge in [-0.2, -0.15) is 4.98 Å². The van der Waals surface area contributed by atoms with E-state index in [-0.39, 0.29) is 5.91 Å². The van der Waals surface area contributed by atoms with Gasteiger partial charge in [0.1, 0.15) is 0 Å². The van der Waals surface area contributed by atoms with E-state index >= 15 is 0 Å². The highest BCUT2D eigenvalue weighted by Crippen LogP contribution is 2.23. The number of carbonyl (C=O) groups excluding carboxylic acids is 1. The van der Waals surface area contributed by atoms with Crippen molar-refractivity contribution >= 4 is 17.1 Å². The molecule has 5 nitrogen and oxygen atoms in total. The minimum Gasteiger partial charge on any atom is -0.434 e.